The lowest BCUT2D eigenvalue weighted by Crippen LogP contribution is -2.47. The molecule has 0 bridgehead atoms. The van der Waals surface area contributed by atoms with Gasteiger partial charge in [-0.3, -0.25) is 14.4 Å². The van der Waals surface area contributed by atoms with Crippen LogP contribution in [0, 0.1) is 17.8 Å². The number of amides is 1. The van der Waals surface area contributed by atoms with E-state index < -0.39 is 17.8 Å². The van der Waals surface area contributed by atoms with E-state index in [0.717, 1.165) is 25.7 Å². The Morgan fingerprint density at radius 3 is 1.71 bits per heavy atom. The lowest BCUT2D eigenvalue weighted by molar-refractivity contribution is -0.187. The van der Waals surface area contributed by atoms with Crippen LogP contribution < -0.4 is 5.73 Å². The molecular formula is C29H53NO5. The van der Waals surface area contributed by atoms with E-state index in [2.05, 4.69) is 6.92 Å². The van der Waals surface area contributed by atoms with Crippen LogP contribution in [0.3, 0.4) is 0 Å². The number of primary amides is 1. The van der Waals surface area contributed by atoms with Gasteiger partial charge in [0.25, 0.3) is 0 Å². The second-order valence-corrected chi connectivity index (χ2v) is 10.7. The normalized spacial score (nSPS) is 19.1. The Labute approximate surface area is 214 Å². The lowest BCUT2D eigenvalue weighted by atomic mass is 9.77. The summed E-state index contributed by atoms with van der Waals surface area (Å²) in [5.41, 5.74) is 5.67. The number of unbranched alkanes of at least 4 members (excludes halogenated alkanes) is 14. The molecule has 1 saturated heterocycles. The maximum atomic E-state index is 12.1. The van der Waals surface area contributed by atoms with Crippen LogP contribution in [0.15, 0.2) is 0 Å². The monoisotopic (exact) mass is 495 g/mol. The fraction of sp³-hybridized carbons (Fsp3) is 0.897. The van der Waals surface area contributed by atoms with E-state index in [1.807, 2.05) is 6.92 Å². The minimum atomic E-state index is -0.913. The molecule has 35 heavy (non-hydrogen) atoms. The first-order chi connectivity index (χ1) is 16.9. The molecule has 204 valence electrons. The topological polar surface area (TPSA) is 107 Å². The smallest absolute Gasteiger partial charge is 0.312 e. The van der Waals surface area contributed by atoms with Crippen LogP contribution in [0.2, 0.25) is 0 Å². The summed E-state index contributed by atoms with van der Waals surface area (Å²) in [6, 6.07) is 0. The summed E-state index contributed by atoms with van der Waals surface area (Å²) in [5, 5.41) is 9.08. The van der Waals surface area contributed by atoms with Crippen molar-refractivity contribution >= 4 is 17.8 Å². The first-order valence-corrected chi connectivity index (χ1v) is 14.6. The highest BCUT2D eigenvalue weighted by atomic mass is 16.6. The summed E-state index contributed by atoms with van der Waals surface area (Å²) in [6.45, 7) is 4.23. The Morgan fingerprint density at radius 2 is 1.31 bits per heavy atom. The molecule has 6 nitrogen and oxygen atoms in total. The second-order valence-electron chi connectivity index (χ2n) is 10.7. The highest BCUT2D eigenvalue weighted by Gasteiger charge is 2.43. The first-order valence-electron chi connectivity index (χ1n) is 14.6. The van der Waals surface area contributed by atoms with E-state index in [1.54, 1.807) is 0 Å². The lowest BCUT2D eigenvalue weighted by Gasteiger charge is -2.38. The van der Waals surface area contributed by atoms with Crippen molar-refractivity contribution in [1.29, 1.82) is 0 Å². The molecule has 0 aromatic carbocycles. The third-order valence-corrected chi connectivity index (χ3v) is 7.78. The van der Waals surface area contributed by atoms with Crippen LogP contribution in [-0.2, 0) is 19.1 Å². The highest BCUT2D eigenvalue weighted by molar-refractivity contribution is 5.79. The van der Waals surface area contributed by atoms with Gasteiger partial charge in [0.2, 0.25) is 5.91 Å². The number of esters is 1. The van der Waals surface area contributed by atoms with E-state index in [-0.39, 0.29) is 36.8 Å². The largest absolute Gasteiger partial charge is 0.481 e. The van der Waals surface area contributed by atoms with Gasteiger partial charge in [-0.05, 0) is 31.6 Å². The van der Waals surface area contributed by atoms with Crippen molar-refractivity contribution < 1.29 is 24.2 Å². The average Bonchev–Trinajstić information content (AvgIpc) is 2.80. The summed E-state index contributed by atoms with van der Waals surface area (Å²) in [4.78, 5) is 34.9. The van der Waals surface area contributed by atoms with Gasteiger partial charge in [0.15, 0.2) is 0 Å². The van der Waals surface area contributed by atoms with Gasteiger partial charge in [0.05, 0.1) is 5.92 Å². The number of cyclic esters (lactones) is 1. The zero-order valence-electron chi connectivity index (χ0n) is 22.6. The van der Waals surface area contributed by atoms with Crippen LogP contribution in [0.4, 0.5) is 0 Å². The zero-order chi connectivity index (χ0) is 25.9. The minimum absolute atomic E-state index is 0.0269. The molecule has 1 rings (SSSR count). The second kappa shape index (κ2) is 19.6. The number of ether oxygens (including phenoxy) is 1. The van der Waals surface area contributed by atoms with Crippen molar-refractivity contribution in [2.24, 2.45) is 23.5 Å². The van der Waals surface area contributed by atoms with Gasteiger partial charge < -0.3 is 15.6 Å². The molecular weight excluding hydrogens is 442 g/mol. The maximum Gasteiger partial charge on any atom is 0.312 e. The van der Waals surface area contributed by atoms with Gasteiger partial charge in [-0.15, -0.1) is 0 Å². The number of nitrogens with two attached hydrogens (primary N) is 1. The van der Waals surface area contributed by atoms with Crippen LogP contribution >= 0.6 is 0 Å². The Bertz CT molecular complexity index is 594. The third-order valence-electron chi connectivity index (χ3n) is 7.78. The Kier molecular flexibility index (Phi) is 17.6. The van der Waals surface area contributed by atoms with E-state index in [4.69, 9.17) is 15.6 Å². The molecule has 1 fully saturated rings. The number of carboxylic acids is 1. The molecule has 4 atom stereocenters. The Hall–Kier alpha value is -1.59. The van der Waals surface area contributed by atoms with Gasteiger partial charge in [-0.25, -0.2) is 0 Å². The molecule has 1 aliphatic rings. The van der Waals surface area contributed by atoms with Crippen LogP contribution in [0.5, 0.6) is 0 Å². The zero-order valence-corrected chi connectivity index (χ0v) is 22.6. The predicted molar refractivity (Wildman–Crippen MR) is 141 cm³/mol. The van der Waals surface area contributed by atoms with Crippen molar-refractivity contribution in [3.05, 3.63) is 0 Å². The minimum Gasteiger partial charge on any atom is -0.481 e. The summed E-state index contributed by atoms with van der Waals surface area (Å²) < 4.78 is 5.35. The molecule has 0 aromatic rings. The van der Waals surface area contributed by atoms with E-state index in [0.29, 0.717) is 6.42 Å². The molecule has 0 aromatic heterocycles. The number of hydrogen-bond acceptors (Lipinski definition) is 4. The number of carboxylic acid groups (broad SMARTS) is 1. The van der Waals surface area contributed by atoms with Crippen molar-refractivity contribution in [3.8, 4) is 0 Å². The molecule has 0 aliphatic carbocycles. The summed E-state index contributed by atoms with van der Waals surface area (Å²) in [6.07, 6.45) is 21.7. The van der Waals surface area contributed by atoms with Gasteiger partial charge >= 0.3 is 11.9 Å². The van der Waals surface area contributed by atoms with Crippen LogP contribution in [0.25, 0.3) is 0 Å². The van der Waals surface area contributed by atoms with Gasteiger partial charge in [-0.2, -0.15) is 0 Å². The Morgan fingerprint density at radius 1 is 0.829 bits per heavy atom. The van der Waals surface area contributed by atoms with Gasteiger partial charge in [-0.1, -0.05) is 110 Å². The molecule has 1 aliphatic heterocycles. The van der Waals surface area contributed by atoms with Crippen LogP contribution in [0.1, 0.15) is 142 Å². The molecule has 1 unspecified atom stereocenters. The molecule has 3 N–H and O–H groups in total. The molecule has 0 spiro atoms. The van der Waals surface area contributed by atoms with Gasteiger partial charge in [0, 0.05) is 12.3 Å². The van der Waals surface area contributed by atoms with Crippen molar-refractivity contribution in [3.63, 3.8) is 0 Å². The fourth-order valence-electron chi connectivity index (χ4n) is 5.49. The van der Waals surface area contributed by atoms with Crippen LogP contribution in [-0.4, -0.2) is 29.1 Å². The van der Waals surface area contributed by atoms with Crippen molar-refractivity contribution in [2.45, 2.75) is 148 Å². The number of rotatable bonds is 24. The average molecular weight is 496 g/mol. The van der Waals surface area contributed by atoms with Gasteiger partial charge in [0.1, 0.15) is 6.10 Å². The maximum absolute atomic E-state index is 12.1. The first kappa shape index (κ1) is 31.4. The highest BCUT2D eigenvalue weighted by Crippen LogP contribution is 2.36. The van der Waals surface area contributed by atoms with E-state index in [1.165, 1.54) is 83.5 Å². The van der Waals surface area contributed by atoms with E-state index in [9.17, 15) is 14.4 Å². The SMILES string of the molecule is CCCCCCCCCCCCCCCCCC(C[C@@H]1OC(=O)[C@H]1CC)[C@H](CCC(=O)O)C(N)=O. The summed E-state index contributed by atoms with van der Waals surface area (Å²) >= 11 is 0. The fourth-order valence-corrected chi connectivity index (χ4v) is 5.49. The number of carbonyl (C=O) groups excluding carboxylic acids is 2. The third kappa shape index (κ3) is 13.9. The van der Waals surface area contributed by atoms with Crippen molar-refractivity contribution in [2.75, 3.05) is 0 Å². The molecule has 0 radical (unpaired) electrons. The number of aliphatic carboxylic acids is 1. The quantitative estimate of drug-likeness (QED) is 0.109. The molecule has 6 heteroatoms. The standard InChI is InChI=1S/C29H53NO5/c1-3-5-6-7-8-9-10-11-12-13-14-15-16-17-18-19-23(22-26-24(4-2)29(34)35-26)25(28(30)33)20-21-27(31)32/h23-26H,3-22H2,1-2H3,(H2,30,33)(H,31,32)/t23?,24-,25-,26-/m0/s1. The summed E-state index contributed by atoms with van der Waals surface area (Å²) in [7, 11) is 0. The molecule has 1 heterocycles. The number of carbonyl (C=O) groups is 3. The van der Waals surface area contributed by atoms with Crippen molar-refractivity contribution in [1.82, 2.24) is 0 Å². The van der Waals surface area contributed by atoms with E-state index >= 15 is 0 Å². The molecule has 1 amide bonds. The number of hydrogen-bond donors (Lipinski definition) is 2. The molecule has 0 saturated carbocycles. The Balaban J connectivity index is 2.24. The predicted octanol–water partition coefficient (Wildman–Crippen LogP) is 7.17. The summed E-state index contributed by atoms with van der Waals surface area (Å²) in [5.74, 6) is -2.12.